The van der Waals surface area contributed by atoms with E-state index < -0.39 is 0 Å². The third-order valence-corrected chi connectivity index (χ3v) is 7.37. The van der Waals surface area contributed by atoms with Crippen LogP contribution in [0, 0.1) is 11.8 Å². The zero-order valence-electron chi connectivity index (χ0n) is 17.2. The highest BCUT2D eigenvalue weighted by atomic mass is 35.5. The summed E-state index contributed by atoms with van der Waals surface area (Å²) in [5.41, 5.74) is 1.76. The molecule has 2 bridgehead atoms. The molecule has 4 nitrogen and oxygen atoms in total. The number of carbonyl (C=O) groups excluding carboxylic acids is 1. The van der Waals surface area contributed by atoms with E-state index in [1.54, 1.807) is 24.3 Å². The number of esters is 1. The maximum atomic E-state index is 12.6. The fourth-order valence-corrected chi connectivity index (χ4v) is 5.80. The Balaban J connectivity index is 1.30. The van der Waals surface area contributed by atoms with Crippen LogP contribution in [0.25, 0.3) is 0 Å². The number of carbonyl (C=O) groups is 1. The Morgan fingerprint density at radius 1 is 1.10 bits per heavy atom. The number of halogens is 1. The van der Waals surface area contributed by atoms with Crippen LogP contribution in [-0.2, 0) is 16.1 Å². The number of benzene rings is 2. The molecule has 0 aliphatic carbocycles. The molecule has 2 aliphatic rings. The van der Waals surface area contributed by atoms with Crippen molar-refractivity contribution in [2.75, 3.05) is 31.1 Å². The number of rotatable bonds is 7. The fraction of sp³-hybridized carbons (Fsp3) is 0.458. The molecule has 0 amide bonds. The fourth-order valence-electron chi connectivity index (χ4n) is 4.34. The van der Waals surface area contributed by atoms with E-state index in [1.165, 1.54) is 5.56 Å². The Bertz CT molecular complexity index is 818. The van der Waals surface area contributed by atoms with Gasteiger partial charge in [-0.2, -0.15) is 11.8 Å². The summed E-state index contributed by atoms with van der Waals surface area (Å²) in [6.45, 7) is 5.57. The summed E-state index contributed by atoms with van der Waals surface area (Å²) in [6.07, 6.45) is 0.151. The molecule has 2 heterocycles. The molecule has 0 aromatic heterocycles. The lowest BCUT2D eigenvalue weighted by Crippen LogP contribution is -2.56. The molecule has 2 aliphatic heterocycles. The van der Waals surface area contributed by atoms with Crippen molar-refractivity contribution in [1.82, 2.24) is 4.90 Å². The molecule has 2 saturated heterocycles. The normalized spacial score (nSPS) is 24.9. The molecule has 160 valence electrons. The second-order valence-corrected chi connectivity index (χ2v) is 9.77. The van der Waals surface area contributed by atoms with Gasteiger partial charge in [0, 0.05) is 48.0 Å². The summed E-state index contributed by atoms with van der Waals surface area (Å²) in [5.74, 6) is 2.54. The first-order valence-electron chi connectivity index (χ1n) is 10.5. The largest absolute Gasteiger partial charge is 0.458 e. The zero-order chi connectivity index (χ0) is 20.9. The van der Waals surface area contributed by atoms with E-state index in [1.807, 2.05) is 30.0 Å². The van der Waals surface area contributed by atoms with Crippen LogP contribution in [-0.4, -0.2) is 54.2 Å². The number of fused-ring (bicyclic) bond motifs is 2. The van der Waals surface area contributed by atoms with E-state index in [4.69, 9.17) is 21.1 Å². The lowest BCUT2D eigenvalue weighted by atomic mass is 9.87. The highest BCUT2D eigenvalue weighted by Crippen LogP contribution is 2.36. The number of hydrogen-bond donors (Lipinski definition) is 0. The quantitative estimate of drug-likeness (QED) is 0.574. The van der Waals surface area contributed by atoms with Crippen molar-refractivity contribution in [1.29, 1.82) is 0 Å². The highest BCUT2D eigenvalue weighted by molar-refractivity contribution is 7.99. The predicted octanol–water partition coefficient (Wildman–Crippen LogP) is 4.77. The molecular formula is C24H28ClNO3S. The zero-order valence-corrected chi connectivity index (χ0v) is 18.8. The number of nitrogens with zero attached hydrogens (tertiary/aromatic N) is 1. The van der Waals surface area contributed by atoms with Crippen LogP contribution in [0.15, 0.2) is 54.6 Å². The Morgan fingerprint density at radius 3 is 2.43 bits per heavy atom. The summed E-state index contributed by atoms with van der Waals surface area (Å²) in [7, 11) is 0. The van der Waals surface area contributed by atoms with Crippen LogP contribution in [0.1, 0.15) is 22.8 Å². The van der Waals surface area contributed by atoms with E-state index >= 15 is 0 Å². The minimum atomic E-state index is -0.244. The molecule has 2 aromatic rings. The lowest BCUT2D eigenvalue weighted by Gasteiger charge is -2.46. The molecule has 2 fully saturated rings. The minimum Gasteiger partial charge on any atom is -0.458 e. The van der Waals surface area contributed by atoms with Gasteiger partial charge in [-0.15, -0.1) is 0 Å². The Morgan fingerprint density at radius 2 is 1.77 bits per heavy atom. The van der Waals surface area contributed by atoms with Crippen molar-refractivity contribution in [2.45, 2.75) is 25.7 Å². The van der Waals surface area contributed by atoms with Crippen molar-refractivity contribution < 1.29 is 14.3 Å². The van der Waals surface area contributed by atoms with E-state index in [9.17, 15) is 4.79 Å². The van der Waals surface area contributed by atoms with Crippen LogP contribution in [0.3, 0.4) is 0 Å². The highest BCUT2D eigenvalue weighted by Gasteiger charge is 2.42. The number of thioether (sulfide) groups is 1. The van der Waals surface area contributed by atoms with Gasteiger partial charge in [0.1, 0.15) is 6.10 Å². The molecule has 4 rings (SSSR count). The maximum absolute atomic E-state index is 12.6. The number of likely N-dealkylation sites (tertiary alicyclic amines) is 1. The van der Waals surface area contributed by atoms with Crippen LogP contribution in [0.2, 0.25) is 5.02 Å². The summed E-state index contributed by atoms with van der Waals surface area (Å²) >= 11 is 7.91. The van der Waals surface area contributed by atoms with Crippen molar-refractivity contribution >= 4 is 29.3 Å². The summed E-state index contributed by atoms with van der Waals surface area (Å²) in [4.78, 5) is 15.1. The van der Waals surface area contributed by atoms with Crippen molar-refractivity contribution in [3.05, 3.63) is 70.7 Å². The standard InChI is InChI=1S/C24H28ClNO3S/c1-17(28-14-18-5-3-2-4-6-18)11-26-12-20-15-30-16-21(13-26)23(20)29-24(27)19-7-9-22(25)10-8-19/h2-10,17,20-21,23H,11-16H2,1H3. The number of ether oxygens (including phenoxy) is 2. The Hall–Kier alpha value is -1.53. The second kappa shape index (κ2) is 10.2. The topological polar surface area (TPSA) is 38.8 Å². The molecule has 0 saturated carbocycles. The van der Waals surface area contributed by atoms with Crippen LogP contribution >= 0.6 is 23.4 Å². The molecular weight excluding hydrogens is 418 g/mol. The van der Waals surface area contributed by atoms with Gasteiger partial charge in [-0.1, -0.05) is 41.9 Å². The van der Waals surface area contributed by atoms with Gasteiger partial charge in [0.2, 0.25) is 0 Å². The van der Waals surface area contributed by atoms with Gasteiger partial charge in [-0.05, 0) is 36.8 Å². The Kier molecular flexibility index (Phi) is 7.37. The van der Waals surface area contributed by atoms with Gasteiger partial charge in [0.25, 0.3) is 0 Å². The third kappa shape index (κ3) is 5.58. The number of piperidine rings is 1. The Labute approximate surface area is 187 Å². The summed E-state index contributed by atoms with van der Waals surface area (Å²) in [6, 6.07) is 17.2. The van der Waals surface area contributed by atoms with E-state index in [2.05, 4.69) is 24.0 Å². The summed E-state index contributed by atoms with van der Waals surface area (Å²) in [5, 5.41) is 0.622. The second-order valence-electron chi connectivity index (χ2n) is 8.26. The molecule has 0 spiro atoms. The van der Waals surface area contributed by atoms with E-state index in [0.29, 0.717) is 29.0 Å². The van der Waals surface area contributed by atoms with Crippen molar-refractivity contribution in [3.8, 4) is 0 Å². The average Bonchev–Trinajstić information content (AvgIpc) is 2.74. The van der Waals surface area contributed by atoms with Gasteiger partial charge < -0.3 is 9.47 Å². The smallest absolute Gasteiger partial charge is 0.338 e. The summed E-state index contributed by atoms with van der Waals surface area (Å²) < 4.78 is 12.1. The molecule has 0 radical (unpaired) electrons. The lowest BCUT2D eigenvalue weighted by molar-refractivity contribution is -0.0510. The molecule has 30 heavy (non-hydrogen) atoms. The first-order chi connectivity index (χ1) is 14.6. The van der Waals surface area contributed by atoms with Crippen LogP contribution in [0.5, 0.6) is 0 Å². The van der Waals surface area contributed by atoms with E-state index in [-0.39, 0.29) is 18.2 Å². The average molecular weight is 446 g/mol. The van der Waals surface area contributed by atoms with Gasteiger partial charge in [0.05, 0.1) is 18.3 Å². The van der Waals surface area contributed by atoms with Gasteiger partial charge in [-0.25, -0.2) is 4.79 Å². The van der Waals surface area contributed by atoms with Crippen molar-refractivity contribution in [3.63, 3.8) is 0 Å². The van der Waals surface area contributed by atoms with Crippen LogP contribution in [0.4, 0.5) is 0 Å². The molecule has 3 atom stereocenters. The molecule has 3 unspecified atom stereocenters. The molecule has 2 aromatic carbocycles. The minimum absolute atomic E-state index is 0.00813. The third-order valence-electron chi connectivity index (χ3n) is 5.79. The monoisotopic (exact) mass is 445 g/mol. The molecule has 0 N–H and O–H groups in total. The van der Waals surface area contributed by atoms with Crippen molar-refractivity contribution in [2.24, 2.45) is 11.8 Å². The van der Waals surface area contributed by atoms with Gasteiger partial charge >= 0.3 is 5.97 Å². The predicted molar refractivity (Wildman–Crippen MR) is 122 cm³/mol. The number of hydrogen-bond acceptors (Lipinski definition) is 5. The SMILES string of the molecule is CC(CN1CC2CSCC(C1)C2OC(=O)c1ccc(Cl)cc1)OCc1ccccc1. The maximum Gasteiger partial charge on any atom is 0.338 e. The first kappa shape index (κ1) is 21.7. The van der Waals surface area contributed by atoms with Gasteiger partial charge in [0.15, 0.2) is 0 Å². The first-order valence-corrected chi connectivity index (χ1v) is 12.0. The van der Waals surface area contributed by atoms with Gasteiger partial charge in [-0.3, -0.25) is 4.90 Å². The molecule has 6 heteroatoms. The van der Waals surface area contributed by atoms with E-state index in [0.717, 1.165) is 31.1 Å². The van der Waals surface area contributed by atoms with Crippen LogP contribution < -0.4 is 0 Å².